The number of hydrogen-bond donors (Lipinski definition) is 1. The van der Waals surface area contributed by atoms with Gasteiger partial charge in [0.1, 0.15) is 11.6 Å². The molecule has 0 fully saturated rings. The fraction of sp³-hybridized carbons (Fsp3) is 0.188. The summed E-state index contributed by atoms with van der Waals surface area (Å²) in [5.74, 6) is -0.201. The molecule has 0 radical (unpaired) electrons. The molecule has 0 aliphatic rings. The van der Waals surface area contributed by atoms with Crippen molar-refractivity contribution in [1.82, 2.24) is 4.57 Å². The Labute approximate surface area is 122 Å². The molecule has 2 rings (SSSR count). The minimum absolute atomic E-state index is 0.0148. The summed E-state index contributed by atoms with van der Waals surface area (Å²) in [4.78, 5) is 16.1. The van der Waals surface area contributed by atoms with E-state index >= 15 is 0 Å². The SMILES string of the molecule is Cc1cccc(N=Cc2c(C)c(C#N)c(=O)n(C)c2O)c1. The molecule has 0 saturated carbocycles. The molecule has 5 nitrogen and oxygen atoms in total. The maximum Gasteiger partial charge on any atom is 0.271 e. The molecule has 0 amide bonds. The van der Waals surface area contributed by atoms with E-state index in [0.29, 0.717) is 11.1 Å². The lowest BCUT2D eigenvalue weighted by molar-refractivity contribution is 0.421. The minimum atomic E-state index is -0.514. The monoisotopic (exact) mass is 281 g/mol. The number of aryl methyl sites for hydroxylation is 1. The van der Waals surface area contributed by atoms with Gasteiger partial charge in [-0.05, 0) is 37.1 Å². The van der Waals surface area contributed by atoms with Gasteiger partial charge in [-0.15, -0.1) is 0 Å². The first-order valence-electron chi connectivity index (χ1n) is 6.39. The summed E-state index contributed by atoms with van der Waals surface area (Å²) in [6, 6.07) is 9.45. The van der Waals surface area contributed by atoms with Crippen LogP contribution in [-0.4, -0.2) is 15.9 Å². The summed E-state index contributed by atoms with van der Waals surface area (Å²) >= 11 is 0. The zero-order valence-electron chi connectivity index (χ0n) is 12.1. The molecule has 0 bridgehead atoms. The van der Waals surface area contributed by atoms with Crippen LogP contribution >= 0.6 is 0 Å². The Hall–Kier alpha value is -2.87. The van der Waals surface area contributed by atoms with Crippen LogP contribution in [0.5, 0.6) is 5.88 Å². The molecule has 0 aliphatic heterocycles. The van der Waals surface area contributed by atoms with Crippen LogP contribution in [0.3, 0.4) is 0 Å². The predicted octanol–water partition coefficient (Wildman–Crippen LogP) is 2.33. The topological polar surface area (TPSA) is 78.4 Å². The number of rotatable bonds is 2. The van der Waals surface area contributed by atoms with Crippen LogP contribution in [0, 0.1) is 25.2 Å². The Morgan fingerprint density at radius 2 is 2.10 bits per heavy atom. The maximum atomic E-state index is 11.8. The van der Waals surface area contributed by atoms with Gasteiger partial charge >= 0.3 is 0 Å². The molecule has 2 aromatic rings. The van der Waals surface area contributed by atoms with E-state index in [1.165, 1.54) is 13.3 Å². The second-order valence-electron chi connectivity index (χ2n) is 4.81. The van der Waals surface area contributed by atoms with Crippen LogP contribution in [0.2, 0.25) is 0 Å². The van der Waals surface area contributed by atoms with Crippen LogP contribution < -0.4 is 5.56 Å². The first kappa shape index (κ1) is 14.5. The molecule has 106 valence electrons. The first-order valence-corrected chi connectivity index (χ1v) is 6.39. The highest BCUT2D eigenvalue weighted by atomic mass is 16.3. The number of aromatic nitrogens is 1. The highest BCUT2D eigenvalue weighted by molar-refractivity contribution is 5.87. The summed E-state index contributed by atoms with van der Waals surface area (Å²) in [6.07, 6.45) is 1.47. The van der Waals surface area contributed by atoms with E-state index in [2.05, 4.69) is 4.99 Å². The number of pyridine rings is 1. The van der Waals surface area contributed by atoms with E-state index in [0.717, 1.165) is 15.8 Å². The number of nitriles is 1. The summed E-state index contributed by atoms with van der Waals surface area (Å²) < 4.78 is 1.04. The lowest BCUT2D eigenvalue weighted by Crippen LogP contribution is -2.22. The van der Waals surface area contributed by atoms with Gasteiger partial charge in [0, 0.05) is 13.3 Å². The van der Waals surface area contributed by atoms with Crippen molar-refractivity contribution in [2.24, 2.45) is 12.0 Å². The lowest BCUT2D eigenvalue weighted by Gasteiger charge is -2.09. The van der Waals surface area contributed by atoms with Crippen LogP contribution in [0.1, 0.15) is 22.3 Å². The molecule has 1 heterocycles. The van der Waals surface area contributed by atoms with Crippen molar-refractivity contribution >= 4 is 11.9 Å². The number of aromatic hydroxyl groups is 1. The van der Waals surface area contributed by atoms with Gasteiger partial charge in [0.15, 0.2) is 0 Å². The first-order chi connectivity index (χ1) is 9.95. The number of hydrogen-bond acceptors (Lipinski definition) is 4. The zero-order valence-corrected chi connectivity index (χ0v) is 12.1. The number of aliphatic imine (C=N–C) groups is 1. The van der Waals surface area contributed by atoms with Gasteiger partial charge < -0.3 is 5.11 Å². The normalized spacial score (nSPS) is 10.8. The van der Waals surface area contributed by atoms with Crippen molar-refractivity contribution in [2.75, 3.05) is 0 Å². The molecule has 1 aromatic carbocycles. The Bertz CT molecular complexity index is 827. The highest BCUT2D eigenvalue weighted by Crippen LogP contribution is 2.20. The van der Waals surface area contributed by atoms with E-state index in [1.54, 1.807) is 6.92 Å². The Kier molecular flexibility index (Phi) is 3.90. The minimum Gasteiger partial charge on any atom is -0.494 e. The van der Waals surface area contributed by atoms with Gasteiger partial charge in [0.05, 0.1) is 11.3 Å². The smallest absolute Gasteiger partial charge is 0.271 e. The molecule has 0 saturated heterocycles. The van der Waals surface area contributed by atoms with Gasteiger partial charge in [0.2, 0.25) is 5.88 Å². The Balaban J connectivity index is 2.58. The molecule has 1 aromatic heterocycles. The average Bonchev–Trinajstić information content (AvgIpc) is 2.46. The number of benzene rings is 1. The van der Waals surface area contributed by atoms with Gasteiger partial charge in [0.25, 0.3) is 5.56 Å². The van der Waals surface area contributed by atoms with Crippen molar-refractivity contribution in [3.8, 4) is 11.9 Å². The van der Waals surface area contributed by atoms with E-state index in [4.69, 9.17) is 5.26 Å². The van der Waals surface area contributed by atoms with Crippen molar-refractivity contribution in [3.63, 3.8) is 0 Å². The van der Waals surface area contributed by atoms with E-state index < -0.39 is 5.56 Å². The molecular formula is C16H15N3O2. The van der Waals surface area contributed by atoms with E-state index in [-0.39, 0.29) is 11.4 Å². The number of nitrogens with zero attached hydrogens (tertiary/aromatic N) is 3. The Morgan fingerprint density at radius 3 is 2.71 bits per heavy atom. The predicted molar refractivity (Wildman–Crippen MR) is 81.2 cm³/mol. The van der Waals surface area contributed by atoms with Crippen LogP contribution in [0.15, 0.2) is 34.1 Å². The van der Waals surface area contributed by atoms with Crippen LogP contribution in [0.25, 0.3) is 0 Å². The molecular weight excluding hydrogens is 266 g/mol. The van der Waals surface area contributed by atoms with Crippen molar-refractivity contribution in [2.45, 2.75) is 13.8 Å². The fourth-order valence-corrected chi connectivity index (χ4v) is 2.04. The molecule has 0 spiro atoms. The molecule has 0 atom stereocenters. The van der Waals surface area contributed by atoms with E-state index in [9.17, 15) is 9.90 Å². The van der Waals surface area contributed by atoms with E-state index in [1.807, 2.05) is 37.3 Å². The third-order valence-corrected chi connectivity index (χ3v) is 3.31. The second-order valence-corrected chi connectivity index (χ2v) is 4.81. The molecule has 0 unspecified atom stereocenters. The zero-order chi connectivity index (χ0) is 15.6. The van der Waals surface area contributed by atoms with Crippen molar-refractivity contribution in [1.29, 1.82) is 5.26 Å². The maximum absolute atomic E-state index is 11.8. The molecule has 5 heteroatoms. The largest absolute Gasteiger partial charge is 0.494 e. The molecule has 0 aliphatic carbocycles. The quantitative estimate of drug-likeness (QED) is 0.858. The van der Waals surface area contributed by atoms with Gasteiger partial charge in [-0.25, -0.2) is 0 Å². The molecule has 21 heavy (non-hydrogen) atoms. The third-order valence-electron chi connectivity index (χ3n) is 3.31. The van der Waals surface area contributed by atoms with Gasteiger partial charge in [-0.2, -0.15) is 5.26 Å². The van der Waals surface area contributed by atoms with Crippen molar-refractivity contribution < 1.29 is 5.11 Å². The standard InChI is InChI=1S/C16H15N3O2/c1-10-5-4-6-12(7-10)18-9-14-11(2)13(8-17)15(20)19(3)16(14)21/h4-7,9,21H,1-3H3. The third kappa shape index (κ3) is 2.70. The summed E-state index contributed by atoms with van der Waals surface area (Å²) in [5, 5.41) is 19.1. The van der Waals surface area contributed by atoms with Crippen molar-refractivity contribution in [3.05, 3.63) is 56.9 Å². The lowest BCUT2D eigenvalue weighted by atomic mass is 10.1. The average molecular weight is 281 g/mol. The fourth-order valence-electron chi connectivity index (χ4n) is 2.04. The second kappa shape index (κ2) is 5.63. The summed E-state index contributed by atoms with van der Waals surface area (Å²) in [7, 11) is 1.42. The summed E-state index contributed by atoms with van der Waals surface area (Å²) in [6.45, 7) is 3.58. The summed E-state index contributed by atoms with van der Waals surface area (Å²) in [5.41, 5.74) is 2.11. The van der Waals surface area contributed by atoms with Crippen LogP contribution in [0.4, 0.5) is 5.69 Å². The van der Waals surface area contributed by atoms with Gasteiger partial charge in [-0.3, -0.25) is 14.4 Å². The Morgan fingerprint density at radius 1 is 1.38 bits per heavy atom. The highest BCUT2D eigenvalue weighted by Gasteiger charge is 2.15. The van der Waals surface area contributed by atoms with Crippen LogP contribution in [-0.2, 0) is 7.05 Å². The van der Waals surface area contributed by atoms with Gasteiger partial charge in [-0.1, -0.05) is 12.1 Å². The molecule has 1 N–H and O–H groups in total.